The molecule has 2 rings (SSSR count). The van der Waals surface area contributed by atoms with Crippen molar-refractivity contribution in [3.8, 4) is 0 Å². The van der Waals surface area contributed by atoms with E-state index in [1.165, 1.54) is 6.07 Å². The Balaban J connectivity index is 1.78. The first-order valence-corrected chi connectivity index (χ1v) is 7.58. The Hall–Kier alpha value is -2.02. The molecule has 0 radical (unpaired) electrons. The van der Waals surface area contributed by atoms with E-state index in [2.05, 4.69) is 5.32 Å². The lowest BCUT2D eigenvalue weighted by Crippen LogP contribution is -2.55. The Kier molecular flexibility index (Phi) is 5.65. The second-order valence-corrected chi connectivity index (χ2v) is 5.76. The van der Waals surface area contributed by atoms with Gasteiger partial charge in [-0.15, -0.1) is 0 Å². The summed E-state index contributed by atoms with van der Waals surface area (Å²) < 4.78 is 26.3. The lowest BCUT2D eigenvalue weighted by atomic mass is 9.85. The normalized spacial score (nSPS) is 20.2. The molecule has 7 heteroatoms. The van der Waals surface area contributed by atoms with Crippen molar-refractivity contribution < 1.29 is 23.5 Å². The van der Waals surface area contributed by atoms with Crippen LogP contribution in [0.15, 0.2) is 18.2 Å². The van der Waals surface area contributed by atoms with E-state index in [0.717, 1.165) is 12.1 Å². The summed E-state index contributed by atoms with van der Waals surface area (Å²) in [5.74, 6) is -2.59. The van der Waals surface area contributed by atoms with Crippen molar-refractivity contribution in [1.29, 1.82) is 0 Å². The molecule has 1 aromatic rings. The van der Waals surface area contributed by atoms with Gasteiger partial charge in [0.2, 0.25) is 5.91 Å². The molecule has 0 spiro atoms. The third kappa shape index (κ3) is 4.72. The van der Waals surface area contributed by atoms with Crippen LogP contribution in [0.25, 0.3) is 0 Å². The first-order chi connectivity index (χ1) is 10.9. The van der Waals surface area contributed by atoms with Gasteiger partial charge in [0.1, 0.15) is 11.6 Å². The van der Waals surface area contributed by atoms with Gasteiger partial charge in [-0.3, -0.25) is 14.5 Å². The number of nitrogens with zero attached hydrogens (tertiary/aromatic N) is 1. The zero-order valence-corrected chi connectivity index (χ0v) is 12.9. The SMILES string of the molecule is CCN(CC(=O)O)C1CC(NC(=O)Cc2ccc(F)cc2F)C1. The topological polar surface area (TPSA) is 69.6 Å². The highest BCUT2D eigenvalue weighted by molar-refractivity contribution is 5.79. The van der Waals surface area contributed by atoms with Crippen LogP contribution in [0.3, 0.4) is 0 Å². The van der Waals surface area contributed by atoms with Crippen molar-refractivity contribution in [3.63, 3.8) is 0 Å². The molecule has 0 heterocycles. The molecule has 0 bridgehead atoms. The molecule has 5 nitrogen and oxygen atoms in total. The number of carbonyl (C=O) groups excluding carboxylic acids is 1. The van der Waals surface area contributed by atoms with Gasteiger partial charge in [0.05, 0.1) is 13.0 Å². The Bertz CT molecular complexity index is 589. The first kappa shape index (κ1) is 17.3. The number of halogens is 2. The van der Waals surface area contributed by atoms with E-state index in [9.17, 15) is 18.4 Å². The smallest absolute Gasteiger partial charge is 0.317 e. The van der Waals surface area contributed by atoms with E-state index in [0.29, 0.717) is 19.4 Å². The number of carbonyl (C=O) groups is 2. The number of carboxylic acids is 1. The Morgan fingerprint density at radius 1 is 1.35 bits per heavy atom. The van der Waals surface area contributed by atoms with Gasteiger partial charge in [-0.2, -0.15) is 0 Å². The predicted octanol–water partition coefficient (Wildman–Crippen LogP) is 1.56. The molecule has 1 aromatic carbocycles. The van der Waals surface area contributed by atoms with Crippen molar-refractivity contribution in [2.75, 3.05) is 13.1 Å². The van der Waals surface area contributed by atoms with Gasteiger partial charge in [-0.05, 0) is 31.0 Å². The summed E-state index contributed by atoms with van der Waals surface area (Å²) in [6.45, 7) is 2.52. The number of hydrogen-bond acceptors (Lipinski definition) is 3. The lowest BCUT2D eigenvalue weighted by molar-refractivity contribution is -0.139. The van der Waals surface area contributed by atoms with Crippen molar-refractivity contribution in [2.45, 2.75) is 38.3 Å². The number of amides is 1. The van der Waals surface area contributed by atoms with Crippen LogP contribution < -0.4 is 5.32 Å². The summed E-state index contributed by atoms with van der Waals surface area (Å²) in [7, 11) is 0. The Morgan fingerprint density at radius 3 is 2.61 bits per heavy atom. The van der Waals surface area contributed by atoms with Crippen LogP contribution in [0, 0.1) is 11.6 Å². The number of benzene rings is 1. The van der Waals surface area contributed by atoms with E-state index >= 15 is 0 Å². The minimum absolute atomic E-state index is 0.0113. The summed E-state index contributed by atoms with van der Waals surface area (Å²) in [6, 6.07) is 3.26. The van der Waals surface area contributed by atoms with Crippen LogP contribution in [0.2, 0.25) is 0 Å². The van der Waals surface area contributed by atoms with Gasteiger partial charge >= 0.3 is 5.97 Å². The molecule has 1 aliphatic rings. The fraction of sp³-hybridized carbons (Fsp3) is 0.500. The maximum atomic E-state index is 13.5. The average Bonchev–Trinajstić information content (AvgIpc) is 2.43. The monoisotopic (exact) mass is 326 g/mol. The fourth-order valence-corrected chi connectivity index (χ4v) is 2.79. The maximum absolute atomic E-state index is 13.5. The molecular formula is C16H20F2N2O3. The third-order valence-electron chi connectivity index (χ3n) is 4.11. The number of rotatable bonds is 7. The fourth-order valence-electron chi connectivity index (χ4n) is 2.79. The predicted molar refractivity (Wildman–Crippen MR) is 79.9 cm³/mol. The van der Waals surface area contributed by atoms with Gasteiger partial charge in [0.25, 0.3) is 0 Å². The molecule has 1 amide bonds. The first-order valence-electron chi connectivity index (χ1n) is 7.58. The highest BCUT2D eigenvalue weighted by Gasteiger charge is 2.34. The second kappa shape index (κ2) is 7.50. The third-order valence-corrected chi connectivity index (χ3v) is 4.11. The molecule has 23 heavy (non-hydrogen) atoms. The highest BCUT2D eigenvalue weighted by Crippen LogP contribution is 2.25. The molecular weight excluding hydrogens is 306 g/mol. The molecule has 126 valence electrons. The number of carboxylic acid groups (broad SMARTS) is 1. The van der Waals surface area contributed by atoms with E-state index in [1.54, 1.807) is 0 Å². The zero-order chi connectivity index (χ0) is 17.0. The molecule has 0 aliphatic heterocycles. The Labute approximate surface area is 133 Å². The molecule has 2 N–H and O–H groups in total. The molecule has 1 aliphatic carbocycles. The second-order valence-electron chi connectivity index (χ2n) is 5.76. The molecule has 0 saturated heterocycles. The number of likely N-dealkylation sites (N-methyl/N-ethyl adjacent to an activating group) is 1. The van der Waals surface area contributed by atoms with Gasteiger partial charge in [0, 0.05) is 18.2 Å². The van der Waals surface area contributed by atoms with Crippen molar-refractivity contribution >= 4 is 11.9 Å². The van der Waals surface area contributed by atoms with Crippen LogP contribution >= 0.6 is 0 Å². The molecule has 0 unspecified atom stereocenters. The highest BCUT2D eigenvalue weighted by atomic mass is 19.1. The van der Waals surface area contributed by atoms with Crippen LogP contribution in [-0.4, -0.2) is 47.1 Å². The van der Waals surface area contributed by atoms with Crippen LogP contribution in [-0.2, 0) is 16.0 Å². The molecule has 1 saturated carbocycles. The van der Waals surface area contributed by atoms with Crippen molar-refractivity contribution in [2.24, 2.45) is 0 Å². The minimum Gasteiger partial charge on any atom is -0.480 e. The summed E-state index contributed by atoms with van der Waals surface area (Å²) in [5, 5.41) is 11.6. The summed E-state index contributed by atoms with van der Waals surface area (Å²) in [5.41, 5.74) is 0.154. The van der Waals surface area contributed by atoms with Crippen LogP contribution in [0.5, 0.6) is 0 Å². The molecule has 1 fully saturated rings. The summed E-state index contributed by atoms with van der Waals surface area (Å²) >= 11 is 0. The van der Waals surface area contributed by atoms with E-state index in [-0.39, 0.29) is 36.5 Å². The maximum Gasteiger partial charge on any atom is 0.317 e. The summed E-state index contributed by atoms with van der Waals surface area (Å²) in [6.07, 6.45) is 1.22. The van der Waals surface area contributed by atoms with E-state index in [1.807, 2.05) is 11.8 Å². The van der Waals surface area contributed by atoms with Crippen LogP contribution in [0.1, 0.15) is 25.3 Å². The molecule has 0 atom stereocenters. The molecule has 0 aromatic heterocycles. The van der Waals surface area contributed by atoms with E-state index < -0.39 is 17.6 Å². The lowest BCUT2D eigenvalue weighted by Gasteiger charge is -2.42. The van der Waals surface area contributed by atoms with Gasteiger partial charge in [0.15, 0.2) is 0 Å². The zero-order valence-electron chi connectivity index (χ0n) is 12.9. The number of aliphatic carboxylic acids is 1. The van der Waals surface area contributed by atoms with Crippen molar-refractivity contribution in [3.05, 3.63) is 35.4 Å². The van der Waals surface area contributed by atoms with E-state index in [4.69, 9.17) is 5.11 Å². The minimum atomic E-state index is -0.869. The quantitative estimate of drug-likeness (QED) is 0.798. The summed E-state index contributed by atoms with van der Waals surface area (Å²) in [4.78, 5) is 24.5. The average molecular weight is 326 g/mol. The standard InChI is InChI=1S/C16H20F2N2O3/c1-2-20(9-16(22)23)13-7-12(8-13)19-15(21)5-10-3-4-11(17)6-14(10)18/h3-4,6,12-13H,2,5,7-9H2,1H3,(H,19,21)(H,22,23). The van der Waals surface area contributed by atoms with Gasteiger partial charge in [-0.1, -0.05) is 13.0 Å². The van der Waals surface area contributed by atoms with Crippen LogP contribution in [0.4, 0.5) is 8.78 Å². The van der Waals surface area contributed by atoms with Crippen molar-refractivity contribution in [1.82, 2.24) is 10.2 Å². The number of hydrogen-bond donors (Lipinski definition) is 2. The number of nitrogens with one attached hydrogen (secondary N) is 1. The van der Waals surface area contributed by atoms with Gasteiger partial charge < -0.3 is 10.4 Å². The largest absolute Gasteiger partial charge is 0.480 e. The van der Waals surface area contributed by atoms with Gasteiger partial charge in [-0.25, -0.2) is 8.78 Å². The Morgan fingerprint density at radius 2 is 2.04 bits per heavy atom.